The first-order chi connectivity index (χ1) is 8.69. The van der Waals surface area contributed by atoms with Crippen LogP contribution in [0.5, 0.6) is 0 Å². The summed E-state index contributed by atoms with van der Waals surface area (Å²) in [4.78, 5) is 3.80. The van der Waals surface area contributed by atoms with Crippen LogP contribution in [0.1, 0.15) is 18.9 Å². The lowest BCUT2D eigenvalue weighted by Gasteiger charge is -2.10. The number of hydrogen-bond donors (Lipinski definition) is 1. The number of pyridine rings is 1. The summed E-state index contributed by atoms with van der Waals surface area (Å²) in [7, 11) is 0. The number of anilines is 1. The molecule has 3 nitrogen and oxygen atoms in total. The Morgan fingerprint density at radius 1 is 1.39 bits per heavy atom. The van der Waals surface area contributed by atoms with Crippen LogP contribution in [-0.2, 0) is 0 Å². The summed E-state index contributed by atoms with van der Waals surface area (Å²) in [5.74, 6) is -1.93. The van der Waals surface area contributed by atoms with Crippen LogP contribution in [0, 0.1) is 23.0 Å². The Kier molecular flexibility index (Phi) is 3.38. The van der Waals surface area contributed by atoms with Gasteiger partial charge in [0.1, 0.15) is 11.6 Å². The Hall–Kier alpha value is -2.22. The molecule has 0 aliphatic carbocycles. The number of aromatic nitrogens is 1. The molecule has 1 aromatic carbocycles. The largest absolute Gasteiger partial charge is 0.383 e. The molecule has 0 radical (unpaired) electrons. The van der Waals surface area contributed by atoms with Gasteiger partial charge in [-0.25, -0.2) is 8.78 Å². The van der Waals surface area contributed by atoms with E-state index < -0.39 is 11.6 Å². The molecular formula is C13H11F2N3. The first kappa shape index (κ1) is 12.2. The first-order valence-corrected chi connectivity index (χ1v) is 5.59. The zero-order valence-electron chi connectivity index (χ0n) is 9.80. The highest BCUT2D eigenvalue weighted by Crippen LogP contribution is 2.28. The fraction of sp³-hybridized carbons (Fsp3) is 0.231. The van der Waals surface area contributed by atoms with Crippen molar-refractivity contribution in [1.29, 1.82) is 5.26 Å². The SMILES string of the molecule is CCCNc1c(C#N)cnc2c(F)c(F)ccc12. The lowest BCUT2D eigenvalue weighted by Crippen LogP contribution is -2.04. The van der Waals surface area contributed by atoms with E-state index in [9.17, 15) is 8.78 Å². The van der Waals surface area contributed by atoms with Crippen LogP contribution in [0.3, 0.4) is 0 Å². The van der Waals surface area contributed by atoms with Gasteiger partial charge < -0.3 is 5.32 Å². The second-order valence-corrected chi connectivity index (χ2v) is 3.84. The van der Waals surface area contributed by atoms with Crippen LogP contribution in [0.15, 0.2) is 18.3 Å². The third-order valence-electron chi connectivity index (χ3n) is 2.60. The van der Waals surface area contributed by atoms with Gasteiger partial charge in [-0.3, -0.25) is 4.98 Å². The summed E-state index contributed by atoms with van der Waals surface area (Å²) in [5, 5.41) is 12.5. The predicted octanol–water partition coefficient (Wildman–Crippen LogP) is 3.21. The summed E-state index contributed by atoms with van der Waals surface area (Å²) in [6.07, 6.45) is 2.11. The van der Waals surface area contributed by atoms with Gasteiger partial charge >= 0.3 is 0 Å². The van der Waals surface area contributed by atoms with E-state index in [0.717, 1.165) is 12.5 Å². The van der Waals surface area contributed by atoms with Crippen LogP contribution < -0.4 is 5.32 Å². The fourth-order valence-electron chi connectivity index (χ4n) is 1.73. The Morgan fingerprint density at radius 2 is 2.17 bits per heavy atom. The highest BCUT2D eigenvalue weighted by atomic mass is 19.2. The lowest BCUT2D eigenvalue weighted by molar-refractivity contribution is 0.515. The Balaban J connectivity index is 2.70. The van der Waals surface area contributed by atoms with E-state index in [-0.39, 0.29) is 5.52 Å². The minimum atomic E-state index is -0.989. The number of benzene rings is 1. The van der Waals surface area contributed by atoms with Crippen molar-refractivity contribution in [3.05, 3.63) is 35.5 Å². The molecule has 1 N–H and O–H groups in total. The van der Waals surface area contributed by atoms with E-state index in [1.165, 1.54) is 12.3 Å². The number of hydrogen-bond acceptors (Lipinski definition) is 3. The summed E-state index contributed by atoms with van der Waals surface area (Å²) in [6, 6.07) is 4.46. The van der Waals surface area contributed by atoms with Gasteiger partial charge in [0.2, 0.25) is 0 Å². The Bertz CT molecular complexity index is 632. The second-order valence-electron chi connectivity index (χ2n) is 3.84. The minimum absolute atomic E-state index is 0.0624. The third kappa shape index (κ3) is 1.97. The summed E-state index contributed by atoms with van der Waals surface area (Å²) >= 11 is 0. The van der Waals surface area contributed by atoms with E-state index in [1.54, 1.807) is 0 Å². The van der Waals surface area contributed by atoms with Crippen LogP contribution >= 0.6 is 0 Å². The molecule has 0 saturated heterocycles. The number of rotatable bonds is 3. The maximum Gasteiger partial charge on any atom is 0.185 e. The van der Waals surface area contributed by atoms with E-state index in [1.807, 2.05) is 13.0 Å². The molecule has 0 unspecified atom stereocenters. The van der Waals surface area contributed by atoms with E-state index in [0.29, 0.717) is 23.2 Å². The van der Waals surface area contributed by atoms with Gasteiger partial charge in [-0.05, 0) is 18.6 Å². The molecule has 92 valence electrons. The van der Waals surface area contributed by atoms with Crippen molar-refractivity contribution in [2.75, 3.05) is 11.9 Å². The van der Waals surface area contributed by atoms with Crippen molar-refractivity contribution in [2.24, 2.45) is 0 Å². The second kappa shape index (κ2) is 4.96. The van der Waals surface area contributed by atoms with Gasteiger partial charge in [-0.2, -0.15) is 5.26 Å². The topological polar surface area (TPSA) is 48.7 Å². The van der Waals surface area contributed by atoms with E-state index in [4.69, 9.17) is 5.26 Å². The Morgan fingerprint density at radius 3 is 2.83 bits per heavy atom. The normalized spacial score (nSPS) is 10.3. The average molecular weight is 247 g/mol. The van der Waals surface area contributed by atoms with Gasteiger partial charge in [0.15, 0.2) is 11.6 Å². The van der Waals surface area contributed by atoms with E-state index in [2.05, 4.69) is 10.3 Å². The van der Waals surface area contributed by atoms with Gasteiger partial charge in [-0.1, -0.05) is 6.92 Å². The number of nitrogens with zero attached hydrogens (tertiary/aromatic N) is 2. The number of nitrogens with one attached hydrogen (secondary N) is 1. The highest BCUT2D eigenvalue weighted by Gasteiger charge is 2.14. The summed E-state index contributed by atoms with van der Waals surface area (Å²) in [5.41, 5.74) is 0.762. The predicted molar refractivity (Wildman–Crippen MR) is 65.2 cm³/mol. The van der Waals surface area contributed by atoms with Crippen LogP contribution in [0.4, 0.5) is 14.5 Å². The Labute approximate surface area is 103 Å². The number of nitriles is 1. The molecule has 0 aliphatic rings. The molecule has 0 spiro atoms. The minimum Gasteiger partial charge on any atom is -0.383 e. The first-order valence-electron chi connectivity index (χ1n) is 5.59. The van der Waals surface area contributed by atoms with Crippen LogP contribution in [-0.4, -0.2) is 11.5 Å². The molecule has 0 atom stereocenters. The molecule has 2 rings (SSSR count). The summed E-state index contributed by atoms with van der Waals surface area (Å²) < 4.78 is 26.7. The smallest absolute Gasteiger partial charge is 0.185 e. The van der Waals surface area contributed by atoms with Crippen molar-refractivity contribution in [3.8, 4) is 6.07 Å². The van der Waals surface area contributed by atoms with Crippen molar-refractivity contribution in [3.63, 3.8) is 0 Å². The molecule has 5 heteroatoms. The summed E-state index contributed by atoms with van der Waals surface area (Å²) in [6.45, 7) is 2.62. The maximum absolute atomic E-state index is 13.6. The van der Waals surface area contributed by atoms with Crippen molar-refractivity contribution in [2.45, 2.75) is 13.3 Å². The zero-order valence-corrected chi connectivity index (χ0v) is 9.80. The molecule has 1 aromatic heterocycles. The highest BCUT2D eigenvalue weighted by molar-refractivity contribution is 5.94. The van der Waals surface area contributed by atoms with Gasteiger partial charge in [0.25, 0.3) is 0 Å². The van der Waals surface area contributed by atoms with Crippen molar-refractivity contribution < 1.29 is 8.78 Å². The van der Waals surface area contributed by atoms with E-state index >= 15 is 0 Å². The molecule has 0 aliphatic heterocycles. The van der Waals surface area contributed by atoms with Crippen LogP contribution in [0.25, 0.3) is 10.9 Å². The average Bonchev–Trinajstić information content (AvgIpc) is 2.40. The molecule has 0 saturated carbocycles. The molecule has 0 amide bonds. The number of halogens is 2. The number of fused-ring (bicyclic) bond motifs is 1. The standard InChI is InChI=1S/C13H11F2N3/c1-2-5-17-12-8(6-16)7-18-13-9(12)3-4-10(14)11(13)15/h3-4,7H,2,5H2,1H3,(H,17,18). The quantitative estimate of drug-likeness (QED) is 0.906. The monoisotopic (exact) mass is 247 g/mol. The van der Waals surface area contributed by atoms with Gasteiger partial charge in [-0.15, -0.1) is 0 Å². The molecule has 2 aromatic rings. The maximum atomic E-state index is 13.6. The van der Waals surface area contributed by atoms with Crippen LogP contribution in [0.2, 0.25) is 0 Å². The fourth-order valence-corrected chi connectivity index (χ4v) is 1.73. The molecular weight excluding hydrogens is 236 g/mol. The van der Waals surface area contributed by atoms with Gasteiger partial charge in [0, 0.05) is 18.1 Å². The molecule has 18 heavy (non-hydrogen) atoms. The molecule has 0 bridgehead atoms. The van der Waals surface area contributed by atoms with Gasteiger partial charge in [0.05, 0.1) is 11.3 Å². The van der Waals surface area contributed by atoms with Crippen molar-refractivity contribution in [1.82, 2.24) is 4.98 Å². The van der Waals surface area contributed by atoms with Crippen molar-refractivity contribution >= 4 is 16.6 Å². The third-order valence-corrected chi connectivity index (χ3v) is 2.60. The lowest BCUT2D eigenvalue weighted by atomic mass is 10.1. The molecule has 1 heterocycles. The molecule has 0 fully saturated rings. The zero-order chi connectivity index (χ0) is 13.1.